The van der Waals surface area contributed by atoms with Gasteiger partial charge in [-0.05, 0) is 31.2 Å². The van der Waals surface area contributed by atoms with Crippen molar-refractivity contribution in [3.8, 4) is 6.07 Å². The average Bonchev–Trinajstić information content (AvgIpc) is 2.36. The molecule has 120 valence electrons. The Morgan fingerprint density at radius 1 is 1.05 bits per heavy atom. The zero-order chi connectivity index (χ0) is 17.2. The Morgan fingerprint density at radius 2 is 1.50 bits per heavy atom. The fourth-order valence-electron chi connectivity index (χ4n) is 1.32. The summed E-state index contributed by atoms with van der Waals surface area (Å²) < 4.78 is 75.6. The van der Waals surface area contributed by atoms with Crippen LogP contribution in [0.4, 0.5) is 36.8 Å². The van der Waals surface area contributed by atoms with E-state index in [4.69, 9.17) is 5.26 Å². The summed E-state index contributed by atoms with van der Waals surface area (Å²) in [4.78, 5) is 11.4. The molecule has 22 heavy (non-hydrogen) atoms. The number of anilines is 1. The van der Waals surface area contributed by atoms with Crippen molar-refractivity contribution in [2.24, 2.45) is 0 Å². The van der Waals surface area contributed by atoms with E-state index in [2.05, 4.69) is 0 Å². The van der Waals surface area contributed by atoms with Crippen LogP contribution in [0.5, 0.6) is 0 Å². The van der Waals surface area contributed by atoms with Crippen molar-refractivity contribution >= 4 is 11.7 Å². The van der Waals surface area contributed by atoms with Gasteiger partial charge in [0, 0.05) is 5.69 Å². The molecule has 0 saturated carbocycles. The van der Waals surface area contributed by atoms with E-state index < -0.39 is 23.9 Å². The van der Waals surface area contributed by atoms with Gasteiger partial charge in [0.05, 0.1) is 11.6 Å². The zero-order valence-corrected chi connectivity index (χ0v) is 10.9. The Kier molecular flexibility index (Phi) is 4.60. The standard InChI is InChI=1S/C12H9F6N3O/c1-10(11(13,14)15,12(16,17)18)21-9(22)20-8-4-2-7(6-19)3-5-8/h2-5H,1H3,(H2,20,21,22). The molecular weight excluding hydrogens is 316 g/mol. The monoisotopic (exact) mass is 325 g/mol. The lowest BCUT2D eigenvalue weighted by Crippen LogP contribution is -2.66. The molecule has 0 aliphatic rings. The minimum absolute atomic E-state index is 0.0665. The second-order valence-corrected chi connectivity index (χ2v) is 4.39. The smallest absolute Gasteiger partial charge is 0.316 e. The number of hydrogen-bond acceptors (Lipinski definition) is 2. The predicted octanol–water partition coefficient (Wildman–Crippen LogP) is 3.56. The first-order valence-corrected chi connectivity index (χ1v) is 5.63. The molecule has 0 radical (unpaired) electrons. The molecule has 0 saturated heterocycles. The zero-order valence-electron chi connectivity index (χ0n) is 10.9. The van der Waals surface area contributed by atoms with Crippen molar-refractivity contribution in [1.82, 2.24) is 5.32 Å². The van der Waals surface area contributed by atoms with E-state index in [-0.39, 0.29) is 18.2 Å². The van der Waals surface area contributed by atoms with Gasteiger partial charge in [0.2, 0.25) is 5.54 Å². The Hall–Kier alpha value is -2.44. The van der Waals surface area contributed by atoms with Crippen LogP contribution in [-0.2, 0) is 0 Å². The number of nitrogens with zero attached hydrogens (tertiary/aromatic N) is 1. The first-order chi connectivity index (χ1) is 9.90. The number of rotatable bonds is 2. The van der Waals surface area contributed by atoms with Gasteiger partial charge in [-0.1, -0.05) is 0 Å². The van der Waals surface area contributed by atoms with Gasteiger partial charge in [0.15, 0.2) is 0 Å². The van der Waals surface area contributed by atoms with E-state index in [1.165, 1.54) is 12.1 Å². The first kappa shape index (κ1) is 17.6. The van der Waals surface area contributed by atoms with Gasteiger partial charge in [-0.25, -0.2) is 4.79 Å². The molecule has 4 nitrogen and oxygen atoms in total. The number of hydrogen-bond donors (Lipinski definition) is 2. The number of alkyl halides is 6. The highest BCUT2D eigenvalue weighted by atomic mass is 19.4. The maximum Gasteiger partial charge on any atom is 0.420 e. The van der Waals surface area contributed by atoms with Gasteiger partial charge in [-0.2, -0.15) is 31.6 Å². The first-order valence-electron chi connectivity index (χ1n) is 5.63. The van der Waals surface area contributed by atoms with E-state index in [0.29, 0.717) is 0 Å². The fraction of sp³-hybridized carbons (Fsp3) is 0.333. The number of halogens is 6. The summed E-state index contributed by atoms with van der Waals surface area (Å²) in [6.07, 6.45) is -11.5. The van der Waals surface area contributed by atoms with Crippen LogP contribution < -0.4 is 10.6 Å². The summed E-state index contributed by atoms with van der Waals surface area (Å²) in [5.74, 6) is 0. The molecule has 0 bridgehead atoms. The molecule has 0 aliphatic carbocycles. The molecule has 2 N–H and O–H groups in total. The lowest BCUT2D eigenvalue weighted by atomic mass is 10.0. The summed E-state index contributed by atoms with van der Waals surface area (Å²) in [7, 11) is 0. The van der Waals surface area contributed by atoms with Crippen LogP contribution in [0.1, 0.15) is 12.5 Å². The molecule has 1 rings (SSSR count). The van der Waals surface area contributed by atoms with E-state index in [1.807, 2.05) is 5.32 Å². The minimum Gasteiger partial charge on any atom is -0.316 e. The van der Waals surface area contributed by atoms with Gasteiger partial charge < -0.3 is 10.6 Å². The second-order valence-electron chi connectivity index (χ2n) is 4.39. The number of carbonyl (C=O) groups excluding carboxylic acids is 1. The number of amides is 2. The molecule has 0 heterocycles. The van der Waals surface area contributed by atoms with Crippen LogP contribution in [-0.4, -0.2) is 23.9 Å². The lowest BCUT2D eigenvalue weighted by Gasteiger charge is -2.34. The molecule has 0 fully saturated rings. The Balaban J connectivity index is 2.91. The van der Waals surface area contributed by atoms with Crippen LogP contribution in [0, 0.1) is 11.3 Å². The number of nitriles is 1. The maximum absolute atomic E-state index is 12.6. The van der Waals surface area contributed by atoms with Crippen molar-refractivity contribution in [2.75, 3.05) is 5.32 Å². The van der Waals surface area contributed by atoms with E-state index in [9.17, 15) is 31.1 Å². The van der Waals surface area contributed by atoms with E-state index in [0.717, 1.165) is 17.4 Å². The highest BCUT2D eigenvalue weighted by molar-refractivity contribution is 5.89. The highest BCUT2D eigenvalue weighted by Crippen LogP contribution is 2.42. The SMILES string of the molecule is CC(NC(=O)Nc1ccc(C#N)cc1)(C(F)(F)F)C(F)(F)F. The van der Waals surface area contributed by atoms with Crippen molar-refractivity contribution in [3.05, 3.63) is 29.8 Å². The predicted molar refractivity (Wildman–Crippen MR) is 63.8 cm³/mol. The number of carbonyl (C=O) groups is 1. The summed E-state index contributed by atoms with van der Waals surface area (Å²) in [6, 6.07) is 4.88. The maximum atomic E-state index is 12.6. The average molecular weight is 325 g/mol. The third-order valence-corrected chi connectivity index (χ3v) is 2.77. The van der Waals surface area contributed by atoms with Crippen LogP contribution in [0.15, 0.2) is 24.3 Å². The Morgan fingerprint density at radius 3 is 1.86 bits per heavy atom. The molecule has 0 aromatic heterocycles. The molecule has 1 aromatic carbocycles. The van der Waals surface area contributed by atoms with E-state index >= 15 is 0 Å². The fourth-order valence-corrected chi connectivity index (χ4v) is 1.32. The third-order valence-electron chi connectivity index (χ3n) is 2.77. The number of urea groups is 1. The largest absolute Gasteiger partial charge is 0.420 e. The van der Waals surface area contributed by atoms with Gasteiger partial charge in [-0.15, -0.1) is 0 Å². The molecule has 0 aliphatic heterocycles. The summed E-state index contributed by atoms with van der Waals surface area (Å²) in [6.45, 7) is -0.175. The highest BCUT2D eigenvalue weighted by Gasteiger charge is 2.68. The van der Waals surface area contributed by atoms with Gasteiger partial charge in [0.1, 0.15) is 0 Å². The van der Waals surface area contributed by atoms with Crippen molar-refractivity contribution in [3.63, 3.8) is 0 Å². The van der Waals surface area contributed by atoms with Crippen molar-refractivity contribution in [1.29, 1.82) is 5.26 Å². The van der Waals surface area contributed by atoms with E-state index in [1.54, 1.807) is 6.07 Å². The molecule has 0 spiro atoms. The molecule has 0 unspecified atom stereocenters. The normalized spacial score (nSPS) is 12.5. The Labute approximate surface area is 120 Å². The lowest BCUT2D eigenvalue weighted by molar-refractivity contribution is -0.297. The third kappa shape index (κ3) is 3.60. The van der Waals surface area contributed by atoms with Crippen molar-refractivity contribution < 1.29 is 31.1 Å². The van der Waals surface area contributed by atoms with Gasteiger partial charge in [0.25, 0.3) is 0 Å². The molecule has 1 aromatic rings. The molecular formula is C12H9F6N3O. The number of benzene rings is 1. The minimum atomic E-state index is -5.73. The second kappa shape index (κ2) is 5.75. The van der Waals surface area contributed by atoms with Crippen LogP contribution in [0.3, 0.4) is 0 Å². The molecule has 0 atom stereocenters. The summed E-state index contributed by atoms with van der Waals surface area (Å²) in [5, 5.41) is 11.3. The quantitative estimate of drug-likeness (QED) is 0.817. The number of nitrogens with one attached hydrogen (secondary N) is 2. The molecule has 10 heteroatoms. The van der Waals surface area contributed by atoms with Gasteiger partial charge in [-0.3, -0.25) is 0 Å². The topological polar surface area (TPSA) is 64.9 Å². The Bertz CT molecular complexity index is 571. The van der Waals surface area contributed by atoms with Crippen LogP contribution >= 0.6 is 0 Å². The molecule has 2 amide bonds. The summed E-state index contributed by atoms with van der Waals surface area (Å²) >= 11 is 0. The van der Waals surface area contributed by atoms with Crippen LogP contribution in [0.2, 0.25) is 0 Å². The van der Waals surface area contributed by atoms with Crippen molar-refractivity contribution in [2.45, 2.75) is 24.8 Å². The van der Waals surface area contributed by atoms with Crippen LogP contribution in [0.25, 0.3) is 0 Å². The van der Waals surface area contributed by atoms with Gasteiger partial charge >= 0.3 is 18.4 Å². The summed E-state index contributed by atoms with van der Waals surface area (Å²) in [5.41, 5.74) is -4.25.